The van der Waals surface area contributed by atoms with E-state index in [9.17, 15) is 5.11 Å². The number of nitrogens with one attached hydrogen (secondary N) is 1. The van der Waals surface area contributed by atoms with Gasteiger partial charge in [-0.2, -0.15) is 5.26 Å². The van der Waals surface area contributed by atoms with Crippen LogP contribution in [-0.4, -0.2) is 18.2 Å². The second kappa shape index (κ2) is 7.15. The summed E-state index contributed by atoms with van der Waals surface area (Å²) in [6, 6.07) is 6.42. The summed E-state index contributed by atoms with van der Waals surface area (Å²) in [5, 5.41) is 22.7. The van der Waals surface area contributed by atoms with Crippen molar-refractivity contribution in [3.8, 4) is 11.8 Å². The van der Waals surface area contributed by atoms with E-state index in [-0.39, 0.29) is 16.2 Å². The standard InChI is InChI=1S/C21H34N2O/c1-19(2,3)16-11-15(12-17(18(16)24)20(4,5)6)13-21(7,8)14-23-10-9-22/h11-12,23-24H,10,13-14H2,1-8H3. The van der Waals surface area contributed by atoms with Crippen molar-refractivity contribution in [1.82, 2.24) is 5.32 Å². The number of nitriles is 1. The third-order valence-electron chi connectivity index (χ3n) is 4.28. The number of rotatable bonds is 5. The Morgan fingerprint density at radius 1 is 0.958 bits per heavy atom. The Balaban J connectivity index is 3.27. The largest absolute Gasteiger partial charge is 0.507 e. The Morgan fingerprint density at radius 2 is 1.42 bits per heavy atom. The van der Waals surface area contributed by atoms with E-state index in [0.29, 0.717) is 12.3 Å². The fourth-order valence-corrected chi connectivity index (χ4v) is 3.01. The highest BCUT2D eigenvalue weighted by atomic mass is 16.3. The van der Waals surface area contributed by atoms with Crippen molar-refractivity contribution in [2.45, 2.75) is 72.6 Å². The van der Waals surface area contributed by atoms with Crippen LogP contribution in [-0.2, 0) is 17.3 Å². The van der Waals surface area contributed by atoms with E-state index < -0.39 is 0 Å². The van der Waals surface area contributed by atoms with E-state index in [1.165, 1.54) is 5.56 Å². The van der Waals surface area contributed by atoms with Crippen molar-refractivity contribution in [1.29, 1.82) is 5.26 Å². The van der Waals surface area contributed by atoms with Crippen LogP contribution < -0.4 is 5.32 Å². The Hall–Kier alpha value is -1.53. The van der Waals surface area contributed by atoms with Crippen LogP contribution in [0.4, 0.5) is 0 Å². The summed E-state index contributed by atoms with van der Waals surface area (Å²) >= 11 is 0. The molecule has 0 spiro atoms. The molecule has 0 heterocycles. The first-order chi connectivity index (χ1) is 10.8. The van der Waals surface area contributed by atoms with Gasteiger partial charge in [-0.1, -0.05) is 67.5 Å². The monoisotopic (exact) mass is 330 g/mol. The lowest BCUT2D eigenvalue weighted by atomic mass is 9.76. The van der Waals surface area contributed by atoms with Crippen LogP contribution in [0.5, 0.6) is 5.75 Å². The summed E-state index contributed by atoms with van der Waals surface area (Å²) < 4.78 is 0. The van der Waals surface area contributed by atoms with Gasteiger partial charge in [0.25, 0.3) is 0 Å². The third kappa shape index (κ3) is 5.53. The molecule has 1 aromatic rings. The van der Waals surface area contributed by atoms with Crippen molar-refractivity contribution in [3.63, 3.8) is 0 Å². The fraction of sp³-hybridized carbons (Fsp3) is 0.667. The zero-order chi connectivity index (χ0) is 18.8. The Morgan fingerprint density at radius 3 is 1.79 bits per heavy atom. The number of phenols is 1. The topological polar surface area (TPSA) is 56.0 Å². The minimum absolute atomic E-state index is 0.0398. The van der Waals surface area contributed by atoms with Gasteiger partial charge in [-0.05, 0) is 39.4 Å². The molecule has 0 radical (unpaired) electrons. The van der Waals surface area contributed by atoms with Crippen LogP contribution in [0, 0.1) is 16.7 Å². The molecule has 0 aliphatic carbocycles. The molecule has 0 aromatic heterocycles. The Kier molecular flexibility index (Phi) is 6.11. The number of benzene rings is 1. The first kappa shape index (κ1) is 20.5. The first-order valence-electron chi connectivity index (χ1n) is 8.72. The van der Waals surface area contributed by atoms with Crippen LogP contribution in [0.15, 0.2) is 12.1 Å². The van der Waals surface area contributed by atoms with Gasteiger partial charge in [-0.25, -0.2) is 0 Å². The molecular weight excluding hydrogens is 296 g/mol. The van der Waals surface area contributed by atoms with Gasteiger partial charge in [0.05, 0.1) is 12.6 Å². The predicted molar refractivity (Wildman–Crippen MR) is 101 cm³/mol. The molecule has 24 heavy (non-hydrogen) atoms. The first-order valence-corrected chi connectivity index (χ1v) is 8.72. The van der Waals surface area contributed by atoms with Gasteiger partial charge >= 0.3 is 0 Å². The minimum Gasteiger partial charge on any atom is -0.507 e. The van der Waals surface area contributed by atoms with Crippen molar-refractivity contribution < 1.29 is 5.11 Å². The summed E-state index contributed by atoms with van der Waals surface area (Å²) in [7, 11) is 0. The normalized spacial score (nSPS) is 13.0. The van der Waals surface area contributed by atoms with Gasteiger partial charge in [0.2, 0.25) is 0 Å². The van der Waals surface area contributed by atoms with Gasteiger partial charge in [-0.15, -0.1) is 0 Å². The van der Waals surface area contributed by atoms with Crippen LogP contribution in [0.25, 0.3) is 0 Å². The van der Waals surface area contributed by atoms with Gasteiger partial charge in [0.15, 0.2) is 0 Å². The molecule has 3 nitrogen and oxygen atoms in total. The molecule has 0 saturated carbocycles. The Labute approximate surface area is 148 Å². The van der Waals surface area contributed by atoms with Gasteiger partial charge < -0.3 is 10.4 Å². The SMILES string of the molecule is CC(C)(CNCC#N)Cc1cc(C(C)(C)C)c(O)c(C(C)(C)C)c1. The number of phenolic OH excluding ortho intramolecular Hbond substituents is 1. The van der Waals surface area contributed by atoms with E-state index in [4.69, 9.17) is 5.26 Å². The molecule has 3 heteroatoms. The zero-order valence-electron chi connectivity index (χ0n) is 16.7. The Bertz CT molecular complexity index is 575. The molecule has 0 amide bonds. The average molecular weight is 331 g/mol. The zero-order valence-corrected chi connectivity index (χ0v) is 16.7. The van der Waals surface area contributed by atoms with E-state index in [0.717, 1.165) is 24.1 Å². The molecule has 2 N–H and O–H groups in total. The lowest BCUT2D eigenvalue weighted by Gasteiger charge is -2.30. The van der Waals surface area contributed by atoms with Gasteiger partial charge in [0, 0.05) is 6.54 Å². The molecule has 0 aliphatic heterocycles. The van der Waals surface area contributed by atoms with Crippen molar-refractivity contribution in [2.75, 3.05) is 13.1 Å². The highest BCUT2D eigenvalue weighted by Gasteiger charge is 2.28. The summed E-state index contributed by atoms with van der Waals surface area (Å²) in [4.78, 5) is 0. The molecule has 1 aromatic carbocycles. The lowest BCUT2D eigenvalue weighted by molar-refractivity contribution is 0.344. The average Bonchev–Trinajstić information content (AvgIpc) is 2.37. The van der Waals surface area contributed by atoms with Crippen molar-refractivity contribution in [3.05, 3.63) is 28.8 Å². The number of nitrogens with zero attached hydrogens (tertiary/aromatic N) is 1. The smallest absolute Gasteiger partial charge is 0.123 e. The maximum atomic E-state index is 10.8. The number of hydrogen-bond donors (Lipinski definition) is 2. The quantitative estimate of drug-likeness (QED) is 0.609. The third-order valence-corrected chi connectivity index (χ3v) is 4.28. The van der Waals surface area contributed by atoms with Crippen LogP contribution >= 0.6 is 0 Å². The van der Waals surface area contributed by atoms with Crippen LogP contribution in [0.1, 0.15) is 72.1 Å². The minimum atomic E-state index is -0.108. The number of hydrogen-bond acceptors (Lipinski definition) is 3. The summed E-state index contributed by atoms with van der Waals surface area (Å²) in [6.07, 6.45) is 0.901. The van der Waals surface area contributed by atoms with Crippen LogP contribution in [0.2, 0.25) is 0 Å². The second-order valence-electron chi connectivity index (χ2n) is 9.64. The lowest BCUT2D eigenvalue weighted by Crippen LogP contribution is -2.31. The predicted octanol–water partition coefficient (Wildman–Crippen LogP) is 4.67. The van der Waals surface area contributed by atoms with E-state index >= 15 is 0 Å². The maximum Gasteiger partial charge on any atom is 0.123 e. The molecule has 0 saturated heterocycles. The summed E-state index contributed by atoms with van der Waals surface area (Å²) in [6.45, 7) is 18.4. The van der Waals surface area contributed by atoms with Gasteiger partial charge in [-0.3, -0.25) is 0 Å². The van der Waals surface area contributed by atoms with Gasteiger partial charge in [0.1, 0.15) is 5.75 Å². The highest BCUT2D eigenvalue weighted by Crippen LogP contribution is 2.40. The molecule has 1 rings (SSSR count). The van der Waals surface area contributed by atoms with Crippen molar-refractivity contribution >= 4 is 0 Å². The van der Waals surface area contributed by atoms with E-state index in [2.05, 4.69) is 78.9 Å². The molecule has 0 bridgehead atoms. The number of aromatic hydroxyl groups is 1. The summed E-state index contributed by atoms with van der Waals surface area (Å²) in [5.41, 5.74) is 3.08. The molecule has 0 fully saturated rings. The molecule has 0 aliphatic rings. The summed E-state index contributed by atoms with van der Waals surface area (Å²) in [5.74, 6) is 0.430. The fourth-order valence-electron chi connectivity index (χ4n) is 3.01. The van der Waals surface area contributed by atoms with Crippen LogP contribution in [0.3, 0.4) is 0 Å². The maximum absolute atomic E-state index is 10.8. The molecular formula is C21H34N2O. The molecule has 134 valence electrons. The molecule has 0 unspecified atom stereocenters. The molecule has 0 atom stereocenters. The second-order valence-corrected chi connectivity index (χ2v) is 9.64. The van der Waals surface area contributed by atoms with E-state index in [1.807, 2.05) is 0 Å². The van der Waals surface area contributed by atoms with E-state index in [1.54, 1.807) is 0 Å². The highest BCUT2D eigenvalue weighted by molar-refractivity contribution is 5.50. The van der Waals surface area contributed by atoms with Crippen molar-refractivity contribution in [2.24, 2.45) is 5.41 Å².